The number of fused-ring (bicyclic) bond motifs is 1. The molecule has 0 aliphatic heterocycles. The van der Waals surface area contributed by atoms with E-state index in [1.165, 1.54) is 5.56 Å². The molecule has 2 aromatic rings. The van der Waals surface area contributed by atoms with Crippen LogP contribution >= 0.6 is 0 Å². The zero-order chi connectivity index (χ0) is 16.3. The molecule has 3 nitrogen and oxygen atoms in total. The highest BCUT2D eigenvalue weighted by Crippen LogP contribution is 2.45. The summed E-state index contributed by atoms with van der Waals surface area (Å²) in [6.45, 7) is 2.33. The molecule has 0 fully saturated rings. The van der Waals surface area contributed by atoms with Gasteiger partial charge in [0.2, 0.25) is 5.91 Å². The van der Waals surface area contributed by atoms with Crippen molar-refractivity contribution >= 4 is 5.91 Å². The first-order valence-electron chi connectivity index (χ1n) is 8.26. The van der Waals surface area contributed by atoms with Crippen LogP contribution in [0.25, 0.3) is 0 Å². The third kappa shape index (κ3) is 2.66. The summed E-state index contributed by atoms with van der Waals surface area (Å²) in [5.74, 6) is 0.211. The molecule has 0 unspecified atom stereocenters. The van der Waals surface area contributed by atoms with Crippen LogP contribution in [-0.2, 0) is 10.2 Å². The van der Waals surface area contributed by atoms with Gasteiger partial charge in [-0.15, -0.1) is 0 Å². The van der Waals surface area contributed by atoms with Gasteiger partial charge in [-0.05, 0) is 36.5 Å². The van der Waals surface area contributed by atoms with Gasteiger partial charge in [0.1, 0.15) is 0 Å². The molecular weight excluding hydrogens is 286 g/mol. The number of carbonyl (C=O) groups excluding carboxylic acids is 1. The number of nitrogens with one attached hydrogen (secondary N) is 1. The van der Waals surface area contributed by atoms with E-state index in [1.54, 1.807) is 0 Å². The number of amides is 1. The van der Waals surface area contributed by atoms with Crippen molar-refractivity contribution in [2.75, 3.05) is 13.2 Å². The minimum absolute atomic E-state index is 0.0681. The third-order valence-electron chi connectivity index (χ3n) is 4.96. The fraction of sp³-hybridized carbons (Fsp3) is 0.350. The number of hydrogen-bond acceptors (Lipinski definition) is 2. The summed E-state index contributed by atoms with van der Waals surface area (Å²) >= 11 is 0. The largest absolute Gasteiger partial charge is 0.395 e. The molecule has 2 N–H and O–H groups in total. The van der Waals surface area contributed by atoms with Crippen LogP contribution in [-0.4, -0.2) is 24.2 Å². The standard InChI is InChI=1S/C20H23NO2/c1-2-21-19(23)20(14-22)13-12-16(15-8-4-3-5-9-15)17-10-6-7-11-18(17)20/h3-11,16,22H,2,12-14H2,1H3,(H,21,23)/t16-,20-/m1/s1. The third-order valence-corrected chi connectivity index (χ3v) is 4.96. The van der Waals surface area contributed by atoms with Gasteiger partial charge < -0.3 is 10.4 Å². The maximum atomic E-state index is 12.7. The summed E-state index contributed by atoms with van der Waals surface area (Å²) in [5, 5.41) is 13.0. The van der Waals surface area contributed by atoms with Crippen LogP contribution in [0.15, 0.2) is 54.6 Å². The van der Waals surface area contributed by atoms with E-state index in [1.807, 2.05) is 31.2 Å². The van der Waals surface area contributed by atoms with Crippen LogP contribution < -0.4 is 5.32 Å². The quantitative estimate of drug-likeness (QED) is 0.912. The number of aliphatic hydroxyl groups excluding tert-OH is 1. The van der Waals surface area contributed by atoms with Gasteiger partial charge in [-0.25, -0.2) is 0 Å². The van der Waals surface area contributed by atoms with Crippen LogP contribution in [0.1, 0.15) is 42.4 Å². The molecular formula is C20H23NO2. The van der Waals surface area contributed by atoms with Gasteiger partial charge in [0.15, 0.2) is 0 Å². The number of rotatable bonds is 4. The molecule has 0 heterocycles. The summed E-state index contributed by atoms with van der Waals surface area (Å²) in [6.07, 6.45) is 1.52. The van der Waals surface area contributed by atoms with Gasteiger partial charge >= 0.3 is 0 Å². The van der Waals surface area contributed by atoms with E-state index >= 15 is 0 Å². The Morgan fingerprint density at radius 1 is 1.17 bits per heavy atom. The van der Waals surface area contributed by atoms with E-state index in [9.17, 15) is 9.90 Å². The Morgan fingerprint density at radius 2 is 1.87 bits per heavy atom. The number of hydrogen-bond donors (Lipinski definition) is 2. The average molecular weight is 309 g/mol. The van der Waals surface area contributed by atoms with Crippen molar-refractivity contribution in [3.8, 4) is 0 Å². The van der Waals surface area contributed by atoms with Crippen molar-refractivity contribution in [3.63, 3.8) is 0 Å². The maximum absolute atomic E-state index is 12.7. The summed E-state index contributed by atoms with van der Waals surface area (Å²) in [6, 6.07) is 18.5. The van der Waals surface area contributed by atoms with Gasteiger partial charge in [-0.2, -0.15) is 0 Å². The Balaban J connectivity index is 2.09. The fourth-order valence-corrected chi connectivity index (χ4v) is 3.75. The molecule has 1 amide bonds. The number of aliphatic hydroxyl groups is 1. The SMILES string of the molecule is CCNC(=O)[C@@]1(CO)CC[C@H](c2ccccc2)c2ccccc21. The second-order valence-electron chi connectivity index (χ2n) is 6.19. The number of likely N-dealkylation sites (N-methyl/N-ethyl adjacent to an activating group) is 1. The average Bonchev–Trinajstić information content (AvgIpc) is 2.61. The van der Waals surface area contributed by atoms with E-state index in [2.05, 4.69) is 35.6 Å². The normalized spacial score (nSPS) is 23.1. The van der Waals surface area contributed by atoms with Gasteiger partial charge in [0.25, 0.3) is 0 Å². The first-order chi connectivity index (χ1) is 11.2. The maximum Gasteiger partial charge on any atom is 0.233 e. The molecule has 1 aliphatic rings. The summed E-state index contributed by atoms with van der Waals surface area (Å²) in [7, 11) is 0. The summed E-state index contributed by atoms with van der Waals surface area (Å²) in [4.78, 5) is 12.7. The van der Waals surface area contributed by atoms with Crippen molar-refractivity contribution in [1.82, 2.24) is 5.32 Å². The first-order valence-corrected chi connectivity index (χ1v) is 8.26. The molecule has 0 aromatic heterocycles. The minimum Gasteiger partial charge on any atom is -0.395 e. The van der Waals surface area contributed by atoms with Gasteiger partial charge in [-0.3, -0.25) is 4.79 Å². The van der Waals surface area contributed by atoms with Crippen LogP contribution in [0.4, 0.5) is 0 Å². The smallest absolute Gasteiger partial charge is 0.233 e. The first kappa shape index (κ1) is 15.8. The monoisotopic (exact) mass is 309 g/mol. The Kier molecular flexibility index (Phi) is 4.49. The van der Waals surface area contributed by atoms with Crippen LogP contribution in [0.2, 0.25) is 0 Å². The highest BCUT2D eigenvalue weighted by molar-refractivity contribution is 5.89. The lowest BCUT2D eigenvalue weighted by atomic mass is 9.65. The molecule has 0 bridgehead atoms. The second-order valence-corrected chi connectivity index (χ2v) is 6.19. The Labute approximate surface area is 137 Å². The van der Waals surface area contributed by atoms with Crippen LogP contribution in [0, 0.1) is 0 Å². The molecule has 3 heteroatoms. The van der Waals surface area contributed by atoms with Gasteiger partial charge in [-0.1, -0.05) is 54.6 Å². The molecule has 0 spiro atoms. The van der Waals surface area contributed by atoms with Crippen molar-refractivity contribution < 1.29 is 9.90 Å². The Morgan fingerprint density at radius 3 is 2.57 bits per heavy atom. The molecule has 3 rings (SSSR count). The molecule has 1 aliphatic carbocycles. The van der Waals surface area contributed by atoms with Crippen molar-refractivity contribution in [3.05, 3.63) is 71.3 Å². The molecule has 23 heavy (non-hydrogen) atoms. The topological polar surface area (TPSA) is 49.3 Å². The van der Waals surface area contributed by atoms with E-state index in [-0.39, 0.29) is 18.4 Å². The molecule has 120 valence electrons. The van der Waals surface area contributed by atoms with E-state index < -0.39 is 5.41 Å². The lowest BCUT2D eigenvalue weighted by molar-refractivity contribution is -0.129. The highest BCUT2D eigenvalue weighted by Gasteiger charge is 2.45. The molecule has 2 atom stereocenters. The lowest BCUT2D eigenvalue weighted by Crippen LogP contribution is -2.49. The van der Waals surface area contributed by atoms with E-state index in [0.717, 1.165) is 17.5 Å². The van der Waals surface area contributed by atoms with Crippen molar-refractivity contribution in [2.24, 2.45) is 0 Å². The number of benzene rings is 2. The Bertz CT molecular complexity index is 683. The lowest BCUT2D eigenvalue weighted by Gasteiger charge is -2.40. The molecule has 2 aromatic carbocycles. The van der Waals surface area contributed by atoms with Gasteiger partial charge in [0, 0.05) is 12.5 Å². The molecule has 0 saturated heterocycles. The Hall–Kier alpha value is -2.13. The zero-order valence-corrected chi connectivity index (χ0v) is 13.5. The van der Waals surface area contributed by atoms with Gasteiger partial charge in [0.05, 0.1) is 12.0 Å². The van der Waals surface area contributed by atoms with E-state index in [0.29, 0.717) is 13.0 Å². The predicted octanol–water partition coefficient (Wildman–Crippen LogP) is 2.98. The van der Waals surface area contributed by atoms with Crippen LogP contribution in [0.5, 0.6) is 0 Å². The summed E-state index contributed by atoms with van der Waals surface area (Å²) < 4.78 is 0. The van der Waals surface area contributed by atoms with Crippen LogP contribution in [0.3, 0.4) is 0 Å². The van der Waals surface area contributed by atoms with Crippen molar-refractivity contribution in [1.29, 1.82) is 0 Å². The highest BCUT2D eigenvalue weighted by atomic mass is 16.3. The fourth-order valence-electron chi connectivity index (χ4n) is 3.75. The summed E-state index contributed by atoms with van der Waals surface area (Å²) in [5.41, 5.74) is 2.57. The second kappa shape index (κ2) is 6.55. The molecule has 0 saturated carbocycles. The predicted molar refractivity (Wildman–Crippen MR) is 91.4 cm³/mol. The van der Waals surface area contributed by atoms with Crippen molar-refractivity contribution in [2.45, 2.75) is 31.1 Å². The number of carbonyl (C=O) groups is 1. The van der Waals surface area contributed by atoms with E-state index in [4.69, 9.17) is 0 Å². The minimum atomic E-state index is -0.822. The zero-order valence-electron chi connectivity index (χ0n) is 13.5. The molecule has 0 radical (unpaired) electrons.